The van der Waals surface area contributed by atoms with Gasteiger partial charge in [-0.3, -0.25) is 26.0 Å². The van der Waals surface area contributed by atoms with E-state index >= 15 is 0 Å². The van der Waals surface area contributed by atoms with Crippen LogP contribution in [0.4, 0.5) is 0 Å². The third-order valence-electron chi connectivity index (χ3n) is 5.46. The predicted molar refractivity (Wildman–Crippen MR) is 169 cm³/mol. The number of hydrogen-bond donors (Lipinski definition) is 6. The fraction of sp³-hybridized carbons (Fsp3) is 0.370. The maximum atomic E-state index is 12.2. The summed E-state index contributed by atoms with van der Waals surface area (Å²) in [6.45, 7) is 0.186. The number of carbonyl (C=O) groups excluding carboxylic acids is 1. The summed E-state index contributed by atoms with van der Waals surface area (Å²) in [4.78, 5) is 16.6. The Hall–Kier alpha value is -3.00. The summed E-state index contributed by atoms with van der Waals surface area (Å²) in [7, 11) is 3.12. The third kappa shape index (κ3) is 12.0. The Labute approximate surface area is 247 Å². The zero-order valence-corrected chi connectivity index (χ0v) is 25.0. The Morgan fingerprint density at radius 1 is 0.975 bits per heavy atom. The van der Waals surface area contributed by atoms with Crippen LogP contribution in [0.15, 0.2) is 53.5 Å². The minimum atomic E-state index is -0.338. The minimum Gasteiger partial charge on any atom is -0.496 e. The first-order chi connectivity index (χ1) is 19.3. The molecule has 0 saturated heterocycles. The summed E-state index contributed by atoms with van der Waals surface area (Å²) in [6.07, 6.45) is 1.05. The van der Waals surface area contributed by atoms with Crippen molar-refractivity contribution >= 4 is 61.6 Å². The van der Waals surface area contributed by atoms with Crippen LogP contribution in [-0.2, 0) is 11.2 Å². The monoisotopic (exact) mass is 604 g/mol. The van der Waals surface area contributed by atoms with Crippen molar-refractivity contribution in [1.82, 2.24) is 5.32 Å². The molecule has 0 radical (unpaired) electrons. The molecule has 0 saturated carbocycles. The van der Waals surface area contributed by atoms with Crippen LogP contribution in [0.5, 0.6) is 11.5 Å². The lowest BCUT2D eigenvalue weighted by Gasteiger charge is -2.16. The second-order valence-electron chi connectivity index (χ2n) is 8.33. The molecular formula is C27H36N6O4S3. The molecule has 0 aliphatic carbocycles. The van der Waals surface area contributed by atoms with Gasteiger partial charge >= 0.3 is 0 Å². The Morgan fingerprint density at radius 3 is 2.23 bits per heavy atom. The first-order valence-electron chi connectivity index (χ1n) is 12.4. The lowest BCUT2D eigenvalue weighted by atomic mass is 9.99. The molecule has 13 heteroatoms. The van der Waals surface area contributed by atoms with Crippen LogP contribution in [0.1, 0.15) is 29.9 Å². The topological polar surface area (TPSA) is 178 Å². The van der Waals surface area contributed by atoms with Crippen molar-refractivity contribution in [2.75, 3.05) is 38.9 Å². The maximum absolute atomic E-state index is 12.2. The van der Waals surface area contributed by atoms with Gasteiger partial charge in [0.2, 0.25) is 5.91 Å². The van der Waals surface area contributed by atoms with Gasteiger partial charge in [0.15, 0.2) is 10.3 Å². The van der Waals surface area contributed by atoms with E-state index in [1.54, 1.807) is 38.1 Å². The summed E-state index contributed by atoms with van der Waals surface area (Å²) in [6, 6.07) is 14.7. The highest BCUT2D eigenvalue weighted by Crippen LogP contribution is 2.26. The van der Waals surface area contributed by atoms with Crippen LogP contribution in [0, 0.1) is 16.2 Å². The van der Waals surface area contributed by atoms with E-state index in [4.69, 9.17) is 31.4 Å². The van der Waals surface area contributed by atoms with E-state index in [9.17, 15) is 9.90 Å². The molecule has 0 aromatic heterocycles. The van der Waals surface area contributed by atoms with E-state index in [0.29, 0.717) is 40.9 Å². The van der Waals surface area contributed by atoms with Gasteiger partial charge in [0.25, 0.3) is 0 Å². The second-order valence-corrected chi connectivity index (χ2v) is 11.8. The van der Waals surface area contributed by atoms with Crippen LogP contribution in [0.3, 0.4) is 0 Å². The van der Waals surface area contributed by atoms with E-state index in [1.807, 2.05) is 36.4 Å². The lowest BCUT2D eigenvalue weighted by Crippen LogP contribution is -2.30. The quantitative estimate of drug-likeness (QED) is 0.105. The zero-order chi connectivity index (χ0) is 29.3. The average Bonchev–Trinajstić information content (AvgIpc) is 2.93. The number of aliphatic hydroxyl groups is 1. The first kappa shape index (κ1) is 33.2. The Balaban J connectivity index is 1.63. The number of amidine groups is 2. The number of thioether (sulfide) groups is 3. The molecule has 10 nitrogen and oxygen atoms in total. The molecular weight excluding hydrogens is 569 g/mol. The standard InChI is InChI=1S/C27H36N6O4S3/c1-36-21-9-5-3-7-18(21)15-25(35)33-27(31)40-24(29)12-14-38-13-11-23(28)39-26(30)32-16-19(17-34)20-8-4-6-10-22(20)37-2/h3-10,19,28-29,34H,11-17H2,1-2H3,(H2,30,32)(H2,31,33,35). The highest BCUT2D eigenvalue weighted by atomic mass is 32.2. The summed E-state index contributed by atoms with van der Waals surface area (Å²) >= 11 is 3.62. The van der Waals surface area contributed by atoms with Gasteiger partial charge in [-0.15, -0.1) is 0 Å². The fourth-order valence-electron chi connectivity index (χ4n) is 3.49. The smallest absolute Gasteiger partial charge is 0.230 e. The highest BCUT2D eigenvalue weighted by Gasteiger charge is 2.15. The van der Waals surface area contributed by atoms with E-state index < -0.39 is 0 Å². The molecule has 0 aliphatic rings. The number of nitrogens with two attached hydrogens (primary N) is 1. The molecule has 1 amide bonds. The largest absolute Gasteiger partial charge is 0.496 e. The number of methoxy groups -OCH3 is 2. The van der Waals surface area contributed by atoms with Crippen molar-refractivity contribution in [3.8, 4) is 11.5 Å². The van der Waals surface area contributed by atoms with Gasteiger partial charge in [-0.1, -0.05) is 36.4 Å². The van der Waals surface area contributed by atoms with E-state index in [0.717, 1.165) is 34.7 Å². The Kier molecular flexibility index (Phi) is 15.2. The molecule has 1 unspecified atom stereocenters. The van der Waals surface area contributed by atoms with Gasteiger partial charge < -0.3 is 25.6 Å². The number of aliphatic hydroxyl groups excluding tert-OH is 1. The average molecular weight is 605 g/mol. The third-order valence-corrected chi connectivity index (χ3v) is 7.99. The summed E-state index contributed by atoms with van der Waals surface area (Å²) in [5, 5.41) is 37.4. The minimum absolute atomic E-state index is 0.0825. The molecule has 0 heterocycles. The van der Waals surface area contributed by atoms with Crippen LogP contribution in [0.2, 0.25) is 0 Å². The summed E-state index contributed by atoms with van der Waals surface area (Å²) in [5.41, 5.74) is 7.58. The molecule has 2 aromatic carbocycles. The highest BCUT2D eigenvalue weighted by molar-refractivity contribution is 8.26. The molecule has 0 bridgehead atoms. The lowest BCUT2D eigenvalue weighted by molar-refractivity contribution is -0.119. The summed E-state index contributed by atoms with van der Waals surface area (Å²) < 4.78 is 10.6. The Bertz CT molecular complexity index is 1190. The van der Waals surface area contributed by atoms with Crippen molar-refractivity contribution in [3.63, 3.8) is 0 Å². The van der Waals surface area contributed by atoms with Gasteiger partial charge in [0.05, 0.1) is 43.9 Å². The number of hydrogen-bond acceptors (Lipinski definition) is 11. The van der Waals surface area contributed by atoms with E-state index in [2.05, 4.69) is 10.3 Å². The van der Waals surface area contributed by atoms with Crippen LogP contribution >= 0.6 is 35.3 Å². The first-order valence-corrected chi connectivity index (χ1v) is 15.2. The number of nitrogens with one attached hydrogen (secondary N) is 4. The molecule has 2 aromatic rings. The van der Waals surface area contributed by atoms with Crippen molar-refractivity contribution in [1.29, 1.82) is 16.2 Å². The number of aliphatic imine (C=N–C) groups is 1. The second kappa shape index (κ2) is 18.4. The van der Waals surface area contributed by atoms with Gasteiger partial charge in [0, 0.05) is 29.9 Å². The molecule has 40 heavy (non-hydrogen) atoms. The van der Waals surface area contributed by atoms with Crippen molar-refractivity contribution < 1.29 is 19.4 Å². The van der Waals surface area contributed by atoms with Crippen molar-refractivity contribution in [3.05, 3.63) is 59.7 Å². The van der Waals surface area contributed by atoms with Gasteiger partial charge in [-0.25, -0.2) is 0 Å². The van der Waals surface area contributed by atoms with Crippen molar-refractivity contribution in [2.45, 2.75) is 25.2 Å². The van der Waals surface area contributed by atoms with Gasteiger partial charge in [0.1, 0.15) is 11.5 Å². The fourth-order valence-corrected chi connectivity index (χ4v) is 5.86. The molecule has 1 atom stereocenters. The van der Waals surface area contributed by atoms with Gasteiger partial charge in [-0.05, 0) is 47.2 Å². The van der Waals surface area contributed by atoms with Crippen LogP contribution in [-0.4, -0.2) is 70.3 Å². The SMILES string of the molecule is COc1ccccc1CC(=O)NC(=N)SC(=N)CCSCCC(=N)SC(N)=NCC(CO)c1ccccc1OC. The zero-order valence-electron chi connectivity index (χ0n) is 22.6. The summed E-state index contributed by atoms with van der Waals surface area (Å²) in [5.74, 6) is 2.05. The van der Waals surface area contributed by atoms with E-state index in [1.165, 1.54) is 0 Å². The number of carbonyl (C=O) groups is 1. The number of para-hydroxylation sites is 2. The van der Waals surface area contributed by atoms with Crippen LogP contribution in [0.25, 0.3) is 0 Å². The number of ether oxygens (including phenoxy) is 2. The number of amides is 1. The number of nitrogens with zero attached hydrogens (tertiary/aromatic N) is 1. The van der Waals surface area contributed by atoms with E-state index in [-0.39, 0.29) is 46.8 Å². The molecule has 7 N–H and O–H groups in total. The molecule has 2 rings (SSSR count). The number of benzene rings is 2. The normalized spacial score (nSPS) is 11.9. The van der Waals surface area contributed by atoms with Gasteiger partial charge in [-0.2, -0.15) is 11.8 Å². The molecule has 0 spiro atoms. The molecule has 216 valence electrons. The predicted octanol–water partition coefficient (Wildman–Crippen LogP) is 4.32. The number of rotatable bonds is 14. The Morgan fingerprint density at radius 2 is 1.57 bits per heavy atom. The van der Waals surface area contributed by atoms with Crippen LogP contribution < -0.4 is 20.5 Å². The molecule has 0 fully saturated rings. The molecule has 0 aliphatic heterocycles. The van der Waals surface area contributed by atoms with Crippen molar-refractivity contribution in [2.24, 2.45) is 10.7 Å². The maximum Gasteiger partial charge on any atom is 0.230 e.